The number of anilines is 2. The molecule has 0 aliphatic rings. The first-order valence-corrected chi connectivity index (χ1v) is 5.92. The fraction of sp³-hybridized carbons (Fsp3) is 0.0769. The van der Waals surface area contributed by atoms with Crippen LogP contribution in [-0.2, 0) is 6.54 Å². The van der Waals surface area contributed by atoms with Crippen molar-refractivity contribution >= 4 is 28.9 Å². The van der Waals surface area contributed by atoms with Crippen molar-refractivity contribution in [1.29, 1.82) is 0 Å². The number of rotatable bonds is 4. The monoisotopic (exact) mass is 277 g/mol. The van der Waals surface area contributed by atoms with E-state index < -0.39 is 5.97 Å². The summed E-state index contributed by atoms with van der Waals surface area (Å²) in [5.41, 5.74) is 7.06. The van der Waals surface area contributed by atoms with Crippen molar-refractivity contribution in [3.63, 3.8) is 0 Å². The lowest BCUT2D eigenvalue weighted by Crippen LogP contribution is -2.08. The summed E-state index contributed by atoms with van der Waals surface area (Å²) in [6, 6.07) is 8.37. The summed E-state index contributed by atoms with van der Waals surface area (Å²) >= 11 is 6.02. The highest BCUT2D eigenvalue weighted by Gasteiger charge is 2.14. The van der Waals surface area contributed by atoms with Gasteiger partial charge in [-0.1, -0.05) is 17.7 Å². The van der Waals surface area contributed by atoms with Gasteiger partial charge in [-0.25, -0.2) is 4.79 Å². The number of nitrogens with zero attached hydrogens (tertiary/aromatic N) is 1. The molecule has 0 bridgehead atoms. The highest BCUT2D eigenvalue weighted by atomic mass is 35.5. The summed E-state index contributed by atoms with van der Waals surface area (Å²) < 4.78 is 0. The van der Waals surface area contributed by atoms with Gasteiger partial charge in [-0.15, -0.1) is 0 Å². The maximum atomic E-state index is 11.2. The van der Waals surface area contributed by atoms with E-state index in [-0.39, 0.29) is 10.6 Å². The zero-order valence-electron chi connectivity index (χ0n) is 9.93. The van der Waals surface area contributed by atoms with Crippen LogP contribution in [0.15, 0.2) is 36.5 Å². The summed E-state index contributed by atoms with van der Waals surface area (Å²) in [6.07, 6.45) is 1.67. The van der Waals surface area contributed by atoms with Gasteiger partial charge in [0.15, 0.2) is 0 Å². The second-order valence-electron chi connectivity index (χ2n) is 3.91. The molecule has 2 rings (SSSR count). The Labute approximate surface area is 115 Å². The first-order valence-electron chi connectivity index (χ1n) is 5.54. The molecule has 0 amide bonds. The zero-order valence-corrected chi connectivity index (χ0v) is 10.7. The first-order chi connectivity index (χ1) is 9.08. The fourth-order valence-corrected chi connectivity index (χ4v) is 1.95. The topological polar surface area (TPSA) is 88.2 Å². The van der Waals surface area contributed by atoms with E-state index in [2.05, 4.69) is 10.3 Å². The zero-order chi connectivity index (χ0) is 13.8. The second-order valence-corrected chi connectivity index (χ2v) is 4.31. The molecule has 0 radical (unpaired) electrons. The predicted octanol–water partition coefficient (Wildman–Crippen LogP) is 2.63. The summed E-state index contributed by atoms with van der Waals surface area (Å²) in [4.78, 5) is 15.3. The highest BCUT2D eigenvalue weighted by molar-refractivity contribution is 6.34. The minimum atomic E-state index is -1.09. The van der Waals surface area contributed by atoms with Gasteiger partial charge in [0.1, 0.15) is 0 Å². The van der Waals surface area contributed by atoms with E-state index in [1.54, 1.807) is 6.20 Å². The van der Waals surface area contributed by atoms with E-state index in [0.29, 0.717) is 17.9 Å². The van der Waals surface area contributed by atoms with Gasteiger partial charge in [0, 0.05) is 11.9 Å². The molecule has 0 fully saturated rings. The maximum absolute atomic E-state index is 11.2. The van der Waals surface area contributed by atoms with Crippen LogP contribution in [0.3, 0.4) is 0 Å². The maximum Gasteiger partial charge on any atom is 0.337 e. The lowest BCUT2D eigenvalue weighted by Gasteiger charge is -2.12. The van der Waals surface area contributed by atoms with E-state index in [9.17, 15) is 4.79 Å². The quantitative estimate of drug-likeness (QED) is 0.748. The van der Waals surface area contributed by atoms with Crippen LogP contribution in [0.2, 0.25) is 5.02 Å². The van der Waals surface area contributed by atoms with Crippen molar-refractivity contribution in [3.05, 3.63) is 52.8 Å². The number of carboxylic acid groups (broad SMARTS) is 1. The molecular formula is C13H12ClN3O2. The highest BCUT2D eigenvalue weighted by Crippen LogP contribution is 2.29. The van der Waals surface area contributed by atoms with Gasteiger partial charge in [-0.3, -0.25) is 4.98 Å². The molecule has 0 saturated heterocycles. The van der Waals surface area contributed by atoms with Crippen LogP contribution >= 0.6 is 11.6 Å². The Morgan fingerprint density at radius 2 is 2.21 bits per heavy atom. The predicted molar refractivity (Wildman–Crippen MR) is 74.4 cm³/mol. The van der Waals surface area contributed by atoms with Crippen LogP contribution in [0, 0.1) is 0 Å². The number of aromatic carboxylic acids is 1. The van der Waals surface area contributed by atoms with Crippen molar-refractivity contribution in [3.8, 4) is 0 Å². The third-order valence-corrected chi connectivity index (χ3v) is 2.81. The van der Waals surface area contributed by atoms with Gasteiger partial charge in [-0.05, 0) is 24.3 Å². The molecule has 1 aromatic heterocycles. The van der Waals surface area contributed by atoms with Crippen LogP contribution in [0.4, 0.5) is 11.4 Å². The molecule has 5 nitrogen and oxygen atoms in total. The Bertz CT molecular complexity index is 602. The molecular weight excluding hydrogens is 266 g/mol. The van der Waals surface area contributed by atoms with Gasteiger partial charge in [0.2, 0.25) is 0 Å². The number of benzene rings is 1. The smallest absolute Gasteiger partial charge is 0.337 e. The minimum Gasteiger partial charge on any atom is -0.478 e. The second kappa shape index (κ2) is 5.58. The number of nitrogens with one attached hydrogen (secondary N) is 1. The van der Waals surface area contributed by atoms with Crippen LogP contribution in [0.25, 0.3) is 0 Å². The van der Waals surface area contributed by atoms with E-state index >= 15 is 0 Å². The molecule has 1 heterocycles. The van der Waals surface area contributed by atoms with Gasteiger partial charge < -0.3 is 16.2 Å². The van der Waals surface area contributed by atoms with E-state index in [4.69, 9.17) is 22.4 Å². The summed E-state index contributed by atoms with van der Waals surface area (Å²) in [6.45, 7) is 0.380. The van der Waals surface area contributed by atoms with Crippen LogP contribution in [-0.4, -0.2) is 16.1 Å². The van der Waals surface area contributed by atoms with Gasteiger partial charge in [-0.2, -0.15) is 0 Å². The molecule has 98 valence electrons. The summed E-state index contributed by atoms with van der Waals surface area (Å²) in [5, 5.41) is 12.4. The Morgan fingerprint density at radius 1 is 1.42 bits per heavy atom. The molecule has 0 aliphatic heterocycles. The molecule has 19 heavy (non-hydrogen) atoms. The molecule has 4 N–H and O–H groups in total. The average molecular weight is 278 g/mol. The number of nitrogens with two attached hydrogens (primary N) is 1. The molecule has 6 heteroatoms. The Kier molecular flexibility index (Phi) is 3.87. The summed E-state index contributed by atoms with van der Waals surface area (Å²) in [5.74, 6) is -1.09. The molecule has 0 saturated carbocycles. The number of nitrogen functional groups attached to an aromatic ring is 1. The van der Waals surface area contributed by atoms with Crippen LogP contribution < -0.4 is 11.1 Å². The first kappa shape index (κ1) is 13.2. The van der Waals surface area contributed by atoms with Crippen molar-refractivity contribution in [1.82, 2.24) is 4.98 Å². The van der Waals surface area contributed by atoms with Crippen molar-refractivity contribution < 1.29 is 9.90 Å². The SMILES string of the molecule is Nc1cc(Cl)c(NCc2ccccn2)c(C(=O)O)c1. The lowest BCUT2D eigenvalue weighted by atomic mass is 10.1. The largest absolute Gasteiger partial charge is 0.478 e. The van der Waals surface area contributed by atoms with E-state index in [1.807, 2.05) is 18.2 Å². The molecule has 0 spiro atoms. The Balaban J connectivity index is 2.27. The number of hydrogen-bond acceptors (Lipinski definition) is 4. The molecule has 2 aromatic rings. The third-order valence-electron chi connectivity index (χ3n) is 2.52. The minimum absolute atomic E-state index is 0.0425. The Hall–Kier alpha value is -2.27. The summed E-state index contributed by atoms with van der Waals surface area (Å²) in [7, 11) is 0. The number of carboxylic acids is 1. The van der Waals surface area contributed by atoms with Crippen molar-refractivity contribution in [2.75, 3.05) is 11.1 Å². The van der Waals surface area contributed by atoms with Crippen molar-refractivity contribution in [2.24, 2.45) is 0 Å². The molecule has 1 aromatic carbocycles. The molecule has 0 aliphatic carbocycles. The number of hydrogen-bond donors (Lipinski definition) is 3. The van der Waals surface area contributed by atoms with Crippen LogP contribution in [0.5, 0.6) is 0 Å². The number of carbonyl (C=O) groups is 1. The van der Waals surface area contributed by atoms with Crippen molar-refractivity contribution in [2.45, 2.75) is 6.54 Å². The Morgan fingerprint density at radius 3 is 2.84 bits per heavy atom. The number of halogens is 1. The standard InChI is InChI=1S/C13H12ClN3O2/c14-11-6-8(15)5-10(13(18)19)12(11)17-7-9-3-1-2-4-16-9/h1-6,17H,7,15H2,(H,18,19). The fourth-order valence-electron chi connectivity index (χ4n) is 1.66. The van der Waals surface area contributed by atoms with Crippen LogP contribution in [0.1, 0.15) is 16.1 Å². The van der Waals surface area contributed by atoms with E-state index in [1.165, 1.54) is 12.1 Å². The normalized spacial score (nSPS) is 10.2. The number of aromatic nitrogens is 1. The van der Waals surface area contributed by atoms with Gasteiger partial charge in [0.05, 0.1) is 28.5 Å². The third kappa shape index (κ3) is 3.14. The van der Waals surface area contributed by atoms with Gasteiger partial charge >= 0.3 is 5.97 Å². The average Bonchev–Trinajstić information content (AvgIpc) is 2.38. The molecule has 0 atom stereocenters. The lowest BCUT2D eigenvalue weighted by molar-refractivity contribution is 0.0698. The van der Waals surface area contributed by atoms with Gasteiger partial charge in [0.25, 0.3) is 0 Å². The van der Waals surface area contributed by atoms with E-state index in [0.717, 1.165) is 5.69 Å². The number of pyridine rings is 1. The molecule has 0 unspecified atom stereocenters.